The Hall–Kier alpha value is -4.33. The quantitative estimate of drug-likeness (QED) is 0.341. The van der Waals surface area contributed by atoms with Crippen LogP contribution < -0.4 is 21.7 Å². The summed E-state index contributed by atoms with van der Waals surface area (Å²) >= 11 is 0. The van der Waals surface area contributed by atoms with Crippen molar-refractivity contribution < 1.29 is 36.3 Å². The normalized spacial score (nSPS) is 17.2. The van der Waals surface area contributed by atoms with E-state index >= 15 is 0 Å². The number of aromatic nitrogens is 2. The predicted molar refractivity (Wildman–Crippen MR) is 125 cm³/mol. The van der Waals surface area contributed by atoms with Crippen molar-refractivity contribution in [2.75, 3.05) is 24.3 Å². The molecule has 1 aromatic carbocycles. The number of carbonyl (C=O) groups is 2. The van der Waals surface area contributed by atoms with Crippen molar-refractivity contribution in [3.05, 3.63) is 77.2 Å². The summed E-state index contributed by atoms with van der Waals surface area (Å²) in [7, 11) is 0. The summed E-state index contributed by atoms with van der Waals surface area (Å²) in [5.41, 5.74) is 2.18. The van der Waals surface area contributed by atoms with E-state index in [1.54, 1.807) is 0 Å². The van der Waals surface area contributed by atoms with E-state index in [-0.39, 0.29) is 48.9 Å². The summed E-state index contributed by atoms with van der Waals surface area (Å²) in [4.78, 5) is 33.4. The highest BCUT2D eigenvalue weighted by atomic mass is 19.4. The van der Waals surface area contributed by atoms with Crippen molar-refractivity contribution in [2.45, 2.75) is 24.7 Å². The Kier molecular flexibility index (Phi) is 7.44. The number of nitrogen functional groups attached to an aromatic ring is 1. The fourth-order valence-electron chi connectivity index (χ4n) is 3.74. The number of ether oxygens (including phenoxy) is 1. The number of pyridine rings is 2. The lowest BCUT2D eigenvalue weighted by Crippen LogP contribution is -2.59. The van der Waals surface area contributed by atoms with Gasteiger partial charge in [-0.15, -0.1) is 0 Å². The van der Waals surface area contributed by atoms with Crippen molar-refractivity contribution >= 4 is 29.0 Å². The Balaban J connectivity index is 1.44. The summed E-state index contributed by atoms with van der Waals surface area (Å²) in [5, 5.41) is 7.52. The average molecular weight is 536 g/mol. The summed E-state index contributed by atoms with van der Waals surface area (Å²) in [6, 6.07) is 5.79. The van der Waals surface area contributed by atoms with Gasteiger partial charge in [0.05, 0.1) is 47.5 Å². The van der Waals surface area contributed by atoms with Gasteiger partial charge < -0.3 is 26.4 Å². The van der Waals surface area contributed by atoms with E-state index in [0.29, 0.717) is 6.07 Å². The molecule has 9 nitrogen and oxygen atoms in total. The molecule has 1 fully saturated rings. The van der Waals surface area contributed by atoms with E-state index in [9.17, 15) is 31.5 Å². The molecule has 5 N–H and O–H groups in total. The van der Waals surface area contributed by atoms with Gasteiger partial charge in [-0.05, 0) is 30.3 Å². The fourth-order valence-corrected chi connectivity index (χ4v) is 3.74. The second kappa shape index (κ2) is 10.6. The van der Waals surface area contributed by atoms with Crippen LogP contribution in [0.3, 0.4) is 0 Å². The topological polar surface area (TPSA) is 131 Å². The highest BCUT2D eigenvalue weighted by Crippen LogP contribution is 2.36. The van der Waals surface area contributed by atoms with Crippen molar-refractivity contribution in [2.24, 2.45) is 0 Å². The molecule has 0 radical (unpaired) electrons. The first-order chi connectivity index (χ1) is 18.0. The molecule has 1 aliphatic heterocycles. The largest absolute Gasteiger partial charge is 0.418 e. The second-order valence-electron chi connectivity index (χ2n) is 8.46. The molecule has 1 saturated heterocycles. The van der Waals surface area contributed by atoms with Crippen LogP contribution >= 0.6 is 0 Å². The Morgan fingerprint density at radius 3 is 2.50 bits per heavy atom. The molecule has 1 atom stereocenters. The molecule has 38 heavy (non-hydrogen) atoms. The maximum atomic E-state index is 14.7. The molecule has 0 aliphatic carbocycles. The number of nitrogens with two attached hydrogens (primary N) is 1. The predicted octanol–water partition coefficient (Wildman–Crippen LogP) is 3.30. The lowest BCUT2D eigenvalue weighted by atomic mass is 9.96. The molecule has 0 spiro atoms. The van der Waals surface area contributed by atoms with Crippen molar-refractivity contribution in [3.63, 3.8) is 0 Å². The Labute approximate surface area is 212 Å². The number of nitrogens with one attached hydrogen (secondary N) is 3. The van der Waals surface area contributed by atoms with Crippen LogP contribution in [0.15, 0.2) is 48.8 Å². The smallest absolute Gasteiger partial charge is 0.384 e. The molecule has 1 aliphatic rings. The third-order valence-electron chi connectivity index (χ3n) is 5.76. The number of carbonyl (C=O) groups excluding carboxylic acids is 2. The lowest BCUT2D eigenvalue weighted by molar-refractivity contribution is -0.137. The molecule has 3 aromatic rings. The zero-order valence-electron chi connectivity index (χ0n) is 19.5. The molecular weight excluding hydrogens is 515 g/mol. The molecule has 4 rings (SSSR count). The zero-order valence-corrected chi connectivity index (χ0v) is 19.5. The molecule has 200 valence electrons. The Morgan fingerprint density at radius 1 is 1.08 bits per heavy atom. The van der Waals surface area contributed by atoms with Gasteiger partial charge in [0.25, 0.3) is 5.91 Å². The van der Waals surface area contributed by atoms with Gasteiger partial charge in [0.1, 0.15) is 23.0 Å². The van der Waals surface area contributed by atoms with Crippen LogP contribution in [-0.4, -0.2) is 40.5 Å². The lowest BCUT2D eigenvalue weighted by Gasteiger charge is -2.27. The van der Waals surface area contributed by atoms with E-state index < -0.39 is 46.4 Å². The van der Waals surface area contributed by atoms with Crippen molar-refractivity contribution in [3.8, 4) is 0 Å². The number of amides is 2. The first kappa shape index (κ1) is 26.7. The second-order valence-corrected chi connectivity index (χ2v) is 8.46. The number of anilines is 3. The van der Waals surface area contributed by atoms with Crippen LogP contribution in [0, 0.1) is 11.6 Å². The number of nitrogens with zero attached hydrogens (tertiary/aromatic N) is 2. The zero-order chi connectivity index (χ0) is 27.5. The number of halogens is 5. The van der Waals surface area contributed by atoms with Crippen LogP contribution in [0.2, 0.25) is 0 Å². The van der Waals surface area contributed by atoms with Crippen molar-refractivity contribution in [1.82, 2.24) is 20.6 Å². The van der Waals surface area contributed by atoms with Gasteiger partial charge in [-0.2, -0.15) is 13.2 Å². The number of hydrogen-bond acceptors (Lipinski definition) is 7. The minimum atomic E-state index is -4.85. The Bertz CT molecular complexity index is 1340. The van der Waals surface area contributed by atoms with Crippen LogP contribution in [-0.2, 0) is 22.3 Å². The molecule has 0 saturated carbocycles. The van der Waals surface area contributed by atoms with Crippen molar-refractivity contribution in [1.29, 1.82) is 0 Å². The Morgan fingerprint density at radius 2 is 1.87 bits per heavy atom. The molecule has 2 amide bonds. The molecule has 2 aromatic heterocycles. The SMILES string of the molecule is Nc1ccc(C(=O)NC2(C(=O)NCc3ncc(Nc4ccc(F)cc4C(F)(F)F)cc3F)CCOC2)cn1. The molecule has 14 heteroatoms. The van der Waals surface area contributed by atoms with E-state index in [2.05, 4.69) is 25.9 Å². The van der Waals surface area contributed by atoms with Crippen LogP contribution in [0.1, 0.15) is 28.0 Å². The summed E-state index contributed by atoms with van der Waals surface area (Å²) in [6.45, 7) is -0.300. The number of rotatable bonds is 7. The minimum absolute atomic E-state index is 0.120. The van der Waals surface area contributed by atoms with Gasteiger partial charge in [-0.25, -0.2) is 13.8 Å². The molecule has 3 heterocycles. The third kappa shape index (κ3) is 5.96. The third-order valence-corrected chi connectivity index (χ3v) is 5.76. The first-order valence-corrected chi connectivity index (χ1v) is 11.2. The molecule has 0 bridgehead atoms. The summed E-state index contributed by atoms with van der Waals surface area (Å²) in [6.07, 6.45) is -2.37. The van der Waals surface area contributed by atoms with Gasteiger partial charge >= 0.3 is 6.18 Å². The number of benzene rings is 1. The van der Waals surface area contributed by atoms with E-state index in [1.165, 1.54) is 18.3 Å². The van der Waals surface area contributed by atoms with Crippen LogP contribution in [0.4, 0.5) is 39.1 Å². The minimum Gasteiger partial charge on any atom is -0.384 e. The highest BCUT2D eigenvalue weighted by Gasteiger charge is 2.44. The van der Waals surface area contributed by atoms with E-state index in [1.807, 2.05) is 0 Å². The van der Waals surface area contributed by atoms with Gasteiger partial charge in [0.2, 0.25) is 5.91 Å². The van der Waals surface area contributed by atoms with Gasteiger partial charge in [0.15, 0.2) is 0 Å². The maximum Gasteiger partial charge on any atom is 0.418 e. The van der Waals surface area contributed by atoms with Gasteiger partial charge in [-0.3, -0.25) is 14.6 Å². The van der Waals surface area contributed by atoms with Crippen LogP contribution in [0.25, 0.3) is 0 Å². The van der Waals surface area contributed by atoms with E-state index in [0.717, 1.165) is 24.4 Å². The average Bonchev–Trinajstić information content (AvgIpc) is 3.34. The van der Waals surface area contributed by atoms with Gasteiger partial charge in [0, 0.05) is 25.3 Å². The van der Waals surface area contributed by atoms with E-state index in [4.69, 9.17) is 10.5 Å². The van der Waals surface area contributed by atoms with Crippen LogP contribution in [0.5, 0.6) is 0 Å². The first-order valence-electron chi connectivity index (χ1n) is 11.2. The summed E-state index contributed by atoms with van der Waals surface area (Å²) in [5.74, 6) is -3.01. The number of hydrogen-bond donors (Lipinski definition) is 4. The summed E-state index contributed by atoms with van der Waals surface area (Å²) < 4.78 is 73.0. The molecular formula is C24H21F5N6O3. The van der Waals surface area contributed by atoms with Gasteiger partial charge in [-0.1, -0.05) is 0 Å². The fraction of sp³-hybridized carbons (Fsp3) is 0.250. The monoisotopic (exact) mass is 536 g/mol. The molecule has 1 unspecified atom stereocenters. The standard InChI is InChI=1S/C24H21F5N6O3/c25-14-2-3-18(16(7-14)24(27,28)29)34-15-8-17(26)19(31-10-15)11-33-22(37)23(5-6-38-12-23)35-21(36)13-1-4-20(30)32-9-13/h1-4,7-10,34H,5-6,11-12H2,(H2,30,32)(H,33,37)(H,35,36). The maximum absolute atomic E-state index is 14.7. The highest BCUT2D eigenvalue weighted by molar-refractivity contribution is 5.99. The number of alkyl halides is 3.